The molecule has 2 aromatic heterocycles. The summed E-state index contributed by atoms with van der Waals surface area (Å²) in [5, 5.41) is 28.6. The van der Waals surface area contributed by atoms with Crippen LogP contribution in [0.25, 0.3) is 11.3 Å². The number of aromatic hydroxyl groups is 1. The molecule has 1 saturated heterocycles. The monoisotopic (exact) mass is 482 g/mol. The molecule has 0 aliphatic carbocycles. The zero-order valence-electron chi connectivity index (χ0n) is 20.8. The standard InChI is InChI=1S/C27H30N8O/c1-19-11-14-34(25-17-23(31-32-27(25)29)20-7-4-5-9-26(20)36)15-16-35(19)24-10-12-30-22(21(24)18-28)8-6-13-33(2)3/h4-5,7,9-10,12,17,19,36H,11,13-16H2,1-3H3,(H2,29,32)/t19-/m0/s1. The van der Waals surface area contributed by atoms with E-state index in [1.54, 1.807) is 24.4 Å². The van der Waals surface area contributed by atoms with Crippen molar-refractivity contribution in [1.29, 1.82) is 5.26 Å². The number of nitriles is 1. The smallest absolute Gasteiger partial charge is 0.169 e. The minimum Gasteiger partial charge on any atom is -0.507 e. The van der Waals surface area contributed by atoms with Gasteiger partial charge in [0, 0.05) is 37.4 Å². The maximum absolute atomic E-state index is 10.3. The first-order valence-corrected chi connectivity index (χ1v) is 11.8. The highest BCUT2D eigenvalue weighted by atomic mass is 16.3. The lowest BCUT2D eigenvalue weighted by molar-refractivity contribution is 0.464. The Morgan fingerprint density at radius 3 is 2.69 bits per heavy atom. The molecule has 0 spiro atoms. The molecule has 9 heteroatoms. The summed E-state index contributed by atoms with van der Waals surface area (Å²) in [4.78, 5) is 10.8. The van der Waals surface area contributed by atoms with Crippen LogP contribution in [0.4, 0.5) is 17.2 Å². The Hall–Kier alpha value is -4.34. The van der Waals surface area contributed by atoms with Crippen molar-refractivity contribution in [3.63, 3.8) is 0 Å². The average Bonchev–Trinajstić information content (AvgIpc) is 3.06. The van der Waals surface area contributed by atoms with Gasteiger partial charge in [-0.1, -0.05) is 18.1 Å². The highest BCUT2D eigenvalue weighted by molar-refractivity contribution is 5.74. The molecule has 0 saturated carbocycles. The molecular weight excluding hydrogens is 452 g/mol. The van der Waals surface area contributed by atoms with E-state index >= 15 is 0 Å². The van der Waals surface area contributed by atoms with Crippen molar-refractivity contribution in [3.05, 3.63) is 53.9 Å². The Labute approximate surface area is 211 Å². The summed E-state index contributed by atoms with van der Waals surface area (Å²) >= 11 is 0. The van der Waals surface area contributed by atoms with Crippen LogP contribution in [0.15, 0.2) is 42.6 Å². The van der Waals surface area contributed by atoms with Crippen LogP contribution in [0.2, 0.25) is 0 Å². The van der Waals surface area contributed by atoms with Crippen LogP contribution in [0.3, 0.4) is 0 Å². The lowest BCUT2D eigenvalue weighted by Crippen LogP contribution is -2.35. The number of hydrogen-bond donors (Lipinski definition) is 2. The molecule has 4 rings (SSSR count). The van der Waals surface area contributed by atoms with Gasteiger partial charge in [-0.15, -0.1) is 10.2 Å². The molecule has 0 unspecified atom stereocenters. The summed E-state index contributed by atoms with van der Waals surface area (Å²) in [6, 6.07) is 13.3. The van der Waals surface area contributed by atoms with Gasteiger partial charge in [0.05, 0.1) is 23.6 Å². The zero-order valence-corrected chi connectivity index (χ0v) is 20.8. The fourth-order valence-electron chi connectivity index (χ4n) is 4.30. The van der Waals surface area contributed by atoms with Gasteiger partial charge in [-0.25, -0.2) is 4.98 Å². The van der Waals surface area contributed by atoms with E-state index in [0.29, 0.717) is 48.0 Å². The number of aromatic nitrogens is 3. The summed E-state index contributed by atoms with van der Waals surface area (Å²) in [5.41, 5.74) is 10.0. The molecule has 1 fully saturated rings. The lowest BCUT2D eigenvalue weighted by atomic mass is 10.1. The molecule has 36 heavy (non-hydrogen) atoms. The van der Waals surface area contributed by atoms with Gasteiger partial charge in [-0.3, -0.25) is 4.90 Å². The van der Waals surface area contributed by atoms with Crippen molar-refractivity contribution >= 4 is 17.2 Å². The molecule has 0 amide bonds. The third-order valence-corrected chi connectivity index (χ3v) is 6.23. The molecule has 0 radical (unpaired) electrons. The molecule has 3 heterocycles. The van der Waals surface area contributed by atoms with Gasteiger partial charge in [0.2, 0.25) is 0 Å². The van der Waals surface area contributed by atoms with E-state index in [1.165, 1.54) is 0 Å². The van der Waals surface area contributed by atoms with Crippen molar-refractivity contribution in [2.75, 3.05) is 55.8 Å². The van der Waals surface area contributed by atoms with E-state index in [9.17, 15) is 10.4 Å². The van der Waals surface area contributed by atoms with Crippen LogP contribution in [0.5, 0.6) is 5.75 Å². The predicted molar refractivity (Wildman–Crippen MR) is 142 cm³/mol. The fourth-order valence-corrected chi connectivity index (χ4v) is 4.30. The normalized spacial score (nSPS) is 15.7. The predicted octanol–water partition coefficient (Wildman–Crippen LogP) is 2.72. The van der Waals surface area contributed by atoms with Crippen LogP contribution in [-0.4, -0.2) is 71.5 Å². The summed E-state index contributed by atoms with van der Waals surface area (Å²) in [5.74, 6) is 6.62. The number of rotatable bonds is 4. The van der Waals surface area contributed by atoms with E-state index in [4.69, 9.17) is 5.73 Å². The third-order valence-electron chi connectivity index (χ3n) is 6.23. The molecule has 3 N–H and O–H groups in total. The molecule has 3 aromatic rings. The Kier molecular flexibility index (Phi) is 7.53. The molecule has 184 valence electrons. The van der Waals surface area contributed by atoms with Crippen LogP contribution < -0.4 is 15.5 Å². The van der Waals surface area contributed by atoms with E-state index in [0.717, 1.165) is 24.3 Å². The van der Waals surface area contributed by atoms with Gasteiger partial charge in [0.15, 0.2) is 5.82 Å². The molecule has 0 bridgehead atoms. The van der Waals surface area contributed by atoms with Gasteiger partial charge in [0.1, 0.15) is 23.1 Å². The highest BCUT2D eigenvalue weighted by Crippen LogP contribution is 2.33. The van der Waals surface area contributed by atoms with Gasteiger partial charge < -0.3 is 20.6 Å². The summed E-state index contributed by atoms with van der Waals surface area (Å²) < 4.78 is 0. The largest absolute Gasteiger partial charge is 0.507 e. The minimum absolute atomic E-state index is 0.143. The SMILES string of the molecule is C[C@H]1CCN(c2cc(-c3ccccc3O)nnc2N)CCN1c1ccnc(C#CCN(C)C)c1C#N. The quantitative estimate of drug-likeness (QED) is 0.541. The Morgan fingerprint density at radius 1 is 1.14 bits per heavy atom. The number of nitrogens with zero attached hydrogens (tertiary/aromatic N) is 7. The van der Waals surface area contributed by atoms with Crippen molar-refractivity contribution in [3.8, 4) is 34.9 Å². The van der Waals surface area contributed by atoms with E-state index < -0.39 is 0 Å². The number of phenols is 1. The first-order chi connectivity index (χ1) is 17.4. The summed E-state index contributed by atoms with van der Waals surface area (Å²) in [7, 11) is 3.90. The number of nitrogens with two attached hydrogens (primary N) is 1. The van der Waals surface area contributed by atoms with E-state index in [-0.39, 0.29) is 11.8 Å². The number of phenolic OH excluding ortho intramolecular Hbond substituents is 1. The van der Waals surface area contributed by atoms with Crippen LogP contribution in [0, 0.1) is 23.2 Å². The number of pyridine rings is 1. The molecule has 9 nitrogen and oxygen atoms in total. The number of benzene rings is 1. The Balaban J connectivity index is 1.61. The zero-order chi connectivity index (χ0) is 25.7. The van der Waals surface area contributed by atoms with Gasteiger partial charge in [-0.05, 0) is 57.6 Å². The fraction of sp³-hybridized carbons (Fsp3) is 0.333. The van der Waals surface area contributed by atoms with Gasteiger partial charge in [-0.2, -0.15) is 5.26 Å². The molecule has 1 aliphatic heterocycles. The first-order valence-electron chi connectivity index (χ1n) is 11.8. The van der Waals surface area contributed by atoms with Crippen molar-refractivity contribution in [2.24, 2.45) is 0 Å². The van der Waals surface area contributed by atoms with Crippen molar-refractivity contribution in [2.45, 2.75) is 19.4 Å². The van der Waals surface area contributed by atoms with Gasteiger partial charge >= 0.3 is 0 Å². The van der Waals surface area contributed by atoms with Crippen LogP contribution >= 0.6 is 0 Å². The summed E-state index contributed by atoms with van der Waals surface area (Å²) in [6.07, 6.45) is 2.57. The topological polar surface area (TPSA) is 118 Å². The second kappa shape index (κ2) is 10.9. The Morgan fingerprint density at radius 2 is 1.94 bits per heavy atom. The molecule has 1 aliphatic rings. The first kappa shape index (κ1) is 24.8. The van der Waals surface area contributed by atoms with Gasteiger partial charge in [0.25, 0.3) is 0 Å². The molecule has 1 atom stereocenters. The number of anilines is 3. The van der Waals surface area contributed by atoms with Crippen molar-refractivity contribution in [1.82, 2.24) is 20.1 Å². The second-order valence-electron chi connectivity index (χ2n) is 9.04. The van der Waals surface area contributed by atoms with E-state index in [2.05, 4.69) is 49.8 Å². The summed E-state index contributed by atoms with van der Waals surface area (Å²) in [6.45, 7) is 4.86. The number of para-hydroxylation sites is 1. The average molecular weight is 483 g/mol. The van der Waals surface area contributed by atoms with Crippen LogP contribution in [0.1, 0.15) is 24.6 Å². The van der Waals surface area contributed by atoms with Crippen molar-refractivity contribution < 1.29 is 5.11 Å². The molecular formula is C27H30N8O. The second-order valence-corrected chi connectivity index (χ2v) is 9.04. The highest BCUT2D eigenvalue weighted by Gasteiger charge is 2.26. The van der Waals surface area contributed by atoms with E-state index in [1.807, 2.05) is 37.2 Å². The maximum Gasteiger partial charge on any atom is 0.169 e. The number of hydrogen-bond acceptors (Lipinski definition) is 9. The minimum atomic E-state index is 0.143. The third kappa shape index (κ3) is 5.32. The molecule has 1 aromatic carbocycles. The number of nitrogen functional groups attached to an aromatic ring is 1. The lowest BCUT2D eigenvalue weighted by Gasteiger charge is -2.30. The van der Waals surface area contributed by atoms with Crippen LogP contribution in [-0.2, 0) is 0 Å². The maximum atomic E-state index is 10.3. The Bertz CT molecular complexity index is 1340.